The van der Waals surface area contributed by atoms with Crippen molar-refractivity contribution >= 4 is 21.4 Å². The Bertz CT molecular complexity index is 928. The molecule has 0 aliphatic heterocycles. The number of hydrogen-bond acceptors (Lipinski definition) is 7. The van der Waals surface area contributed by atoms with Gasteiger partial charge in [0.15, 0.2) is 0 Å². The van der Waals surface area contributed by atoms with Crippen LogP contribution in [0.5, 0.6) is 0 Å². The van der Waals surface area contributed by atoms with Crippen molar-refractivity contribution in [2.24, 2.45) is 0 Å². The van der Waals surface area contributed by atoms with Crippen LogP contribution in [0.1, 0.15) is 22.1 Å². The van der Waals surface area contributed by atoms with Crippen LogP contribution < -0.4 is 0 Å². The predicted molar refractivity (Wildman–Crippen MR) is 107 cm³/mol. The smallest absolute Gasteiger partial charge is 0.126 e. The van der Waals surface area contributed by atoms with Gasteiger partial charge in [0.05, 0.1) is 6.61 Å². The summed E-state index contributed by atoms with van der Waals surface area (Å²) in [5, 5.41) is 59.5. The SMILES string of the molecule is OC[C@@H](O)[C@@H](O)[C@H](O)[C@@H](O)[C@H](O)c1ccc(F)c(Cc2cc3ccccc3s2)c1. The van der Waals surface area contributed by atoms with Crippen LogP contribution in [-0.2, 0) is 6.42 Å². The third-order valence-electron chi connectivity index (χ3n) is 4.86. The second-order valence-electron chi connectivity index (χ2n) is 6.94. The van der Waals surface area contributed by atoms with Crippen molar-refractivity contribution in [1.29, 1.82) is 0 Å². The molecule has 0 aliphatic carbocycles. The molecule has 0 radical (unpaired) electrons. The van der Waals surface area contributed by atoms with Crippen LogP contribution in [0.25, 0.3) is 10.1 Å². The quantitative estimate of drug-likeness (QED) is 0.323. The number of thiophene rings is 1. The minimum Gasteiger partial charge on any atom is -0.394 e. The highest BCUT2D eigenvalue weighted by molar-refractivity contribution is 7.19. The minimum atomic E-state index is -1.91. The zero-order valence-corrected chi connectivity index (χ0v) is 16.2. The third-order valence-corrected chi connectivity index (χ3v) is 5.97. The normalized spacial score (nSPS) is 17.1. The van der Waals surface area contributed by atoms with E-state index in [2.05, 4.69) is 0 Å². The lowest BCUT2D eigenvalue weighted by Gasteiger charge is -2.28. The number of hydrogen-bond donors (Lipinski definition) is 6. The van der Waals surface area contributed by atoms with Crippen LogP contribution in [0.4, 0.5) is 4.39 Å². The van der Waals surface area contributed by atoms with Gasteiger partial charge in [0.2, 0.25) is 0 Å². The van der Waals surface area contributed by atoms with Crippen molar-refractivity contribution in [3.05, 3.63) is 70.4 Å². The maximum absolute atomic E-state index is 14.3. The molecule has 2 aromatic carbocycles. The molecule has 3 aromatic rings. The molecular formula is C21H23FO6S. The first-order valence-corrected chi connectivity index (χ1v) is 9.90. The van der Waals surface area contributed by atoms with E-state index in [1.54, 1.807) is 0 Å². The molecule has 5 atom stereocenters. The Labute approximate surface area is 170 Å². The summed E-state index contributed by atoms with van der Waals surface area (Å²) in [6, 6.07) is 13.6. The first-order chi connectivity index (χ1) is 13.8. The molecule has 29 heavy (non-hydrogen) atoms. The van der Waals surface area contributed by atoms with Gasteiger partial charge in [0.25, 0.3) is 0 Å². The summed E-state index contributed by atoms with van der Waals surface area (Å²) in [5.41, 5.74) is 0.463. The Morgan fingerprint density at radius 1 is 0.862 bits per heavy atom. The van der Waals surface area contributed by atoms with Crippen molar-refractivity contribution in [2.45, 2.75) is 36.9 Å². The van der Waals surface area contributed by atoms with Gasteiger partial charge in [-0.05, 0) is 40.8 Å². The van der Waals surface area contributed by atoms with Crippen LogP contribution in [0.15, 0.2) is 48.5 Å². The highest BCUT2D eigenvalue weighted by Gasteiger charge is 2.34. The van der Waals surface area contributed by atoms with Crippen LogP contribution in [0.2, 0.25) is 0 Å². The van der Waals surface area contributed by atoms with E-state index in [0.29, 0.717) is 5.56 Å². The maximum Gasteiger partial charge on any atom is 0.126 e. The Morgan fingerprint density at radius 3 is 2.28 bits per heavy atom. The molecule has 0 saturated carbocycles. The highest BCUT2D eigenvalue weighted by atomic mass is 32.1. The molecule has 3 rings (SSSR count). The van der Waals surface area contributed by atoms with E-state index >= 15 is 0 Å². The Kier molecular flexibility index (Phi) is 6.97. The molecule has 156 valence electrons. The van der Waals surface area contributed by atoms with Crippen LogP contribution in [-0.4, -0.2) is 61.7 Å². The fraction of sp³-hybridized carbons (Fsp3) is 0.333. The average molecular weight is 422 g/mol. The van der Waals surface area contributed by atoms with E-state index in [4.69, 9.17) is 5.11 Å². The summed E-state index contributed by atoms with van der Waals surface area (Å²) in [6.45, 7) is -0.823. The van der Waals surface area contributed by atoms with Gasteiger partial charge in [-0.2, -0.15) is 0 Å². The van der Waals surface area contributed by atoms with Gasteiger partial charge in [0, 0.05) is 16.0 Å². The van der Waals surface area contributed by atoms with E-state index in [9.17, 15) is 29.9 Å². The Balaban J connectivity index is 1.80. The monoisotopic (exact) mass is 422 g/mol. The minimum absolute atomic E-state index is 0.153. The van der Waals surface area contributed by atoms with Gasteiger partial charge in [-0.25, -0.2) is 4.39 Å². The van der Waals surface area contributed by atoms with E-state index < -0.39 is 42.9 Å². The molecule has 0 spiro atoms. The summed E-state index contributed by atoms with van der Waals surface area (Å²) in [4.78, 5) is 0.929. The molecule has 0 amide bonds. The van der Waals surface area contributed by atoms with Gasteiger partial charge in [-0.3, -0.25) is 0 Å². The van der Waals surface area contributed by atoms with E-state index in [-0.39, 0.29) is 12.0 Å². The van der Waals surface area contributed by atoms with E-state index in [0.717, 1.165) is 15.0 Å². The van der Waals surface area contributed by atoms with Crippen molar-refractivity contribution in [3.8, 4) is 0 Å². The molecule has 0 bridgehead atoms. The van der Waals surface area contributed by atoms with E-state index in [1.807, 2.05) is 30.3 Å². The zero-order valence-electron chi connectivity index (χ0n) is 15.4. The van der Waals surface area contributed by atoms with Gasteiger partial charge >= 0.3 is 0 Å². The molecule has 1 heterocycles. The second kappa shape index (κ2) is 9.27. The van der Waals surface area contributed by atoms with Crippen molar-refractivity contribution in [1.82, 2.24) is 0 Å². The lowest BCUT2D eigenvalue weighted by molar-refractivity contribution is -0.141. The fourth-order valence-corrected chi connectivity index (χ4v) is 4.23. The topological polar surface area (TPSA) is 121 Å². The fourth-order valence-electron chi connectivity index (χ4n) is 3.15. The number of aliphatic hydroxyl groups excluding tert-OH is 6. The van der Waals surface area contributed by atoms with Gasteiger partial charge < -0.3 is 30.6 Å². The Hall–Kier alpha value is -1.91. The second-order valence-corrected chi connectivity index (χ2v) is 8.11. The summed E-state index contributed by atoms with van der Waals surface area (Å²) in [7, 11) is 0. The van der Waals surface area contributed by atoms with Crippen molar-refractivity contribution in [2.75, 3.05) is 6.61 Å². The Morgan fingerprint density at radius 2 is 1.59 bits per heavy atom. The van der Waals surface area contributed by atoms with Gasteiger partial charge in [-0.1, -0.05) is 24.3 Å². The summed E-state index contributed by atoms with van der Waals surface area (Å²) < 4.78 is 15.4. The summed E-state index contributed by atoms with van der Waals surface area (Å²) in [6.07, 6.45) is -8.65. The molecule has 0 aliphatic rings. The lowest BCUT2D eigenvalue weighted by Crippen LogP contribution is -2.47. The number of benzene rings is 2. The van der Waals surface area contributed by atoms with Crippen LogP contribution in [0.3, 0.4) is 0 Å². The number of halogens is 1. The molecule has 1 aromatic heterocycles. The standard InChI is InChI=1S/C21H23FO6S/c22-15-6-5-12(18(25)20(27)21(28)19(26)16(24)10-23)7-13(15)9-14-8-11-3-1-2-4-17(11)29-14/h1-8,16,18-21,23-28H,9-10H2/t16-,18-,19-,20+,21+/m1/s1. The lowest BCUT2D eigenvalue weighted by atomic mass is 9.94. The molecule has 6 N–H and O–H groups in total. The van der Waals surface area contributed by atoms with Crippen molar-refractivity contribution < 1.29 is 35.0 Å². The van der Waals surface area contributed by atoms with Crippen LogP contribution >= 0.6 is 11.3 Å². The molecule has 0 saturated heterocycles. The van der Waals surface area contributed by atoms with Crippen molar-refractivity contribution in [3.63, 3.8) is 0 Å². The van der Waals surface area contributed by atoms with Crippen LogP contribution in [0, 0.1) is 5.82 Å². The zero-order chi connectivity index (χ0) is 21.1. The number of aliphatic hydroxyl groups is 6. The number of rotatable bonds is 8. The number of fused-ring (bicyclic) bond motifs is 1. The maximum atomic E-state index is 14.3. The summed E-state index contributed by atoms with van der Waals surface area (Å²) >= 11 is 1.53. The first kappa shape index (κ1) is 21.8. The largest absolute Gasteiger partial charge is 0.394 e. The molecule has 0 fully saturated rings. The van der Waals surface area contributed by atoms with Gasteiger partial charge in [0.1, 0.15) is 36.3 Å². The summed E-state index contributed by atoms with van der Waals surface area (Å²) in [5.74, 6) is -0.468. The predicted octanol–water partition coefficient (Wildman–Crippen LogP) is 1.10. The van der Waals surface area contributed by atoms with Gasteiger partial charge in [-0.15, -0.1) is 11.3 Å². The first-order valence-electron chi connectivity index (χ1n) is 9.08. The average Bonchev–Trinajstić information content (AvgIpc) is 3.14. The molecular weight excluding hydrogens is 399 g/mol. The molecule has 8 heteroatoms. The molecule has 0 unspecified atom stereocenters. The highest BCUT2D eigenvalue weighted by Crippen LogP contribution is 2.29. The third kappa shape index (κ3) is 4.81. The molecule has 6 nitrogen and oxygen atoms in total. The van der Waals surface area contributed by atoms with E-state index in [1.165, 1.54) is 29.5 Å².